The number of pyridine rings is 1. The Morgan fingerprint density at radius 3 is 2.31 bits per heavy atom. The molecule has 1 aromatic heterocycles. The molecule has 6 heteroatoms. The molecule has 0 aliphatic rings. The van der Waals surface area contributed by atoms with E-state index in [-0.39, 0.29) is 16.5 Å². The van der Waals surface area contributed by atoms with E-state index in [0.29, 0.717) is 12.1 Å². The molecule has 3 aromatic carbocycles. The van der Waals surface area contributed by atoms with Gasteiger partial charge in [-0.1, -0.05) is 71.4 Å². The smallest absolute Gasteiger partial charge is 0.337 e. The van der Waals surface area contributed by atoms with Crippen molar-refractivity contribution in [2.75, 3.05) is 0 Å². The monoisotopic (exact) mass is 484 g/mol. The summed E-state index contributed by atoms with van der Waals surface area (Å²) in [5.74, 6) is -1.09. The normalized spacial score (nSPS) is 12.4. The molecular weight excluding hydrogens is 460 g/mol. The van der Waals surface area contributed by atoms with E-state index in [0.717, 1.165) is 39.1 Å². The van der Waals surface area contributed by atoms with Crippen LogP contribution < -0.4 is 0 Å². The van der Waals surface area contributed by atoms with Gasteiger partial charge in [-0.15, -0.1) is 0 Å². The van der Waals surface area contributed by atoms with Gasteiger partial charge in [-0.25, -0.2) is 4.79 Å². The summed E-state index contributed by atoms with van der Waals surface area (Å²) < 4.78 is 0. The minimum absolute atomic E-state index is 0.0393. The third-order valence-corrected chi connectivity index (χ3v) is 6.47. The minimum Gasteiger partial charge on any atom is -0.478 e. The quantitative estimate of drug-likeness (QED) is 0.166. The average Bonchev–Trinajstić information content (AvgIpc) is 2.85. The van der Waals surface area contributed by atoms with Crippen molar-refractivity contribution in [1.29, 1.82) is 0 Å². The highest BCUT2D eigenvalue weighted by Crippen LogP contribution is 2.34. The van der Waals surface area contributed by atoms with Crippen molar-refractivity contribution in [1.82, 2.24) is 4.98 Å². The Kier molecular flexibility index (Phi) is 7.28. The fraction of sp³-hybridized carbons (Fsp3) is 0.138. The summed E-state index contributed by atoms with van der Waals surface area (Å²) in [6.45, 7) is 3.99. The fourth-order valence-corrected chi connectivity index (χ4v) is 4.56. The molecule has 0 bridgehead atoms. The van der Waals surface area contributed by atoms with E-state index in [4.69, 9.17) is 11.6 Å². The summed E-state index contributed by atoms with van der Waals surface area (Å²) in [6, 6.07) is 25.0. The average molecular weight is 485 g/mol. The van der Waals surface area contributed by atoms with Gasteiger partial charge in [-0.05, 0) is 65.9 Å². The lowest BCUT2D eigenvalue weighted by Crippen LogP contribution is -2.12. The van der Waals surface area contributed by atoms with Gasteiger partial charge in [-0.3, -0.25) is 4.98 Å². The zero-order chi connectivity index (χ0) is 24.9. The molecule has 1 unspecified atom stereocenters. The SMILES string of the molecule is Cc1cc(C(CC(c2ccc(-c3ccc(C(=O)O)c(Cl)c3)cc2)c2ccccc2C)=NO)ccn1. The van der Waals surface area contributed by atoms with Gasteiger partial charge in [0.1, 0.15) is 0 Å². The highest BCUT2D eigenvalue weighted by atomic mass is 35.5. The molecule has 2 N–H and O–H groups in total. The maximum atomic E-state index is 11.3. The zero-order valence-corrected chi connectivity index (χ0v) is 20.2. The minimum atomic E-state index is -1.05. The number of rotatable bonds is 7. The predicted octanol–water partition coefficient (Wildman–Crippen LogP) is 7.12. The van der Waals surface area contributed by atoms with Gasteiger partial charge in [0.25, 0.3) is 0 Å². The number of hydrogen-bond donors (Lipinski definition) is 2. The molecule has 0 fully saturated rings. The van der Waals surface area contributed by atoms with Crippen LogP contribution in [0, 0.1) is 13.8 Å². The molecule has 0 spiro atoms. The lowest BCUT2D eigenvalue weighted by atomic mass is 9.83. The molecule has 4 rings (SSSR count). The van der Waals surface area contributed by atoms with Gasteiger partial charge in [0.2, 0.25) is 0 Å². The van der Waals surface area contributed by atoms with Gasteiger partial charge >= 0.3 is 5.97 Å². The van der Waals surface area contributed by atoms with Crippen LogP contribution in [0.15, 0.2) is 90.2 Å². The van der Waals surface area contributed by atoms with Crippen LogP contribution in [0.2, 0.25) is 5.02 Å². The van der Waals surface area contributed by atoms with Crippen LogP contribution >= 0.6 is 11.6 Å². The lowest BCUT2D eigenvalue weighted by Gasteiger charge is -2.21. The van der Waals surface area contributed by atoms with Gasteiger partial charge in [0.15, 0.2) is 0 Å². The number of aromatic carboxylic acids is 1. The van der Waals surface area contributed by atoms with Crippen LogP contribution in [0.5, 0.6) is 0 Å². The molecule has 0 saturated heterocycles. The number of carboxylic acids is 1. The number of hydrogen-bond acceptors (Lipinski definition) is 4. The summed E-state index contributed by atoms with van der Waals surface area (Å²) >= 11 is 6.17. The van der Waals surface area contributed by atoms with Crippen molar-refractivity contribution in [3.63, 3.8) is 0 Å². The van der Waals surface area contributed by atoms with Crippen LogP contribution in [-0.4, -0.2) is 27.0 Å². The zero-order valence-electron chi connectivity index (χ0n) is 19.4. The van der Waals surface area contributed by atoms with Gasteiger partial charge < -0.3 is 10.3 Å². The molecule has 1 heterocycles. The first kappa shape index (κ1) is 24.2. The second-order valence-electron chi connectivity index (χ2n) is 8.47. The molecule has 5 nitrogen and oxygen atoms in total. The molecule has 0 radical (unpaired) electrons. The molecular formula is C29H25ClN2O3. The number of nitrogens with zero attached hydrogens (tertiary/aromatic N) is 2. The number of aryl methyl sites for hydroxylation is 2. The Hall–Kier alpha value is -3.96. The van der Waals surface area contributed by atoms with E-state index < -0.39 is 5.97 Å². The van der Waals surface area contributed by atoms with Gasteiger partial charge in [-0.2, -0.15) is 0 Å². The number of carbonyl (C=O) groups is 1. The molecule has 0 amide bonds. The second-order valence-corrected chi connectivity index (χ2v) is 8.87. The third kappa shape index (κ3) is 5.42. The molecule has 0 aliphatic heterocycles. The number of benzene rings is 3. The maximum absolute atomic E-state index is 11.3. The number of carboxylic acid groups (broad SMARTS) is 1. The molecule has 0 saturated carbocycles. The van der Waals surface area contributed by atoms with E-state index in [1.807, 2.05) is 43.3 Å². The Morgan fingerprint density at radius 1 is 0.971 bits per heavy atom. The Balaban J connectivity index is 1.71. The van der Waals surface area contributed by atoms with Crippen LogP contribution in [-0.2, 0) is 0 Å². The van der Waals surface area contributed by atoms with E-state index in [2.05, 4.69) is 41.3 Å². The number of oxime groups is 1. The van der Waals surface area contributed by atoms with Crippen molar-refractivity contribution in [2.24, 2.45) is 5.16 Å². The second kappa shape index (κ2) is 10.5. The number of halogens is 1. The molecule has 1 atom stereocenters. The van der Waals surface area contributed by atoms with E-state index in [9.17, 15) is 15.1 Å². The fourth-order valence-electron chi connectivity index (χ4n) is 4.30. The van der Waals surface area contributed by atoms with Gasteiger partial charge in [0.05, 0.1) is 16.3 Å². The standard InChI is InChI=1S/C29H25ClN2O3/c1-18-5-3-4-6-24(18)26(17-28(32-35)23-13-14-31-19(2)15-23)21-9-7-20(8-10-21)22-11-12-25(29(33)34)27(30)16-22/h3-16,26,35H,17H2,1-2H3,(H,33,34). The molecule has 4 aromatic rings. The number of aromatic nitrogens is 1. The Bertz CT molecular complexity index is 1400. The summed E-state index contributed by atoms with van der Waals surface area (Å²) in [4.78, 5) is 15.5. The van der Waals surface area contributed by atoms with Crippen LogP contribution in [0.25, 0.3) is 11.1 Å². The first-order valence-corrected chi connectivity index (χ1v) is 11.6. The molecule has 0 aliphatic carbocycles. The van der Waals surface area contributed by atoms with Crippen LogP contribution in [0.1, 0.15) is 50.6 Å². The molecule has 35 heavy (non-hydrogen) atoms. The van der Waals surface area contributed by atoms with Crippen molar-refractivity contribution in [3.8, 4) is 11.1 Å². The van der Waals surface area contributed by atoms with Gasteiger partial charge in [0, 0.05) is 29.8 Å². The summed E-state index contributed by atoms with van der Waals surface area (Å²) in [6.07, 6.45) is 2.22. The molecule has 176 valence electrons. The predicted molar refractivity (Wildman–Crippen MR) is 139 cm³/mol. The van der Waals surface area contributed by atoms with Crippen LogP contribution in [0.3, 0.4) is 0 Å². The summed E-state index contributed by atoms with van der Waals surface area (Å²) in [5, 5.41) is 23.0. The van der Waals surface area contributed by atoms with E-state index >= 15 is 0 Å². The Labute approximate surface area is 209 Å². The maximum Gasteiger partial charge on any atom is 0.337 e. The van der Waals surface area contributed by atoms with Crippen molar-refractivity contribution in [3.05, 3.63) is 124 Å². The highest BCUT2D eigenvalue weighted by Gasteiger charge is 2.21. The van der Waals surface area contributed by atoms with Crippen molar-refractivity contribution in [2.45, 2.75) is 26.2 Å². The first-order valence-electron chi connectivity index (χ1n) is 11.2. The lowest BCUT2D eigenvalue weighted by molar-refractivity contribution is 0.0697. The van der Waals surface area contributed by atoms with E-state index in [1.165, 1.54) is 6.07 Å². The largest absolute Gasteiger partial charge is 0.478 e. The van der Waals surface area contributed by atoms with Crippen LogP contribution in [0.4, 0.5) is 0 Å². The summed E-state index contributed by atoms with van der Waals surface area (Å²) in [5.41, 5.74) is 7.50. The summed E-state index contributed by atoms with van der Waals surface area (Å²) in [7, 11) is 0. The topological polar surface area (TPSA) is 82.8 Å². The van der Waals surface area contributed by atoms with E-state index in [1.54, 1.807) is 18.3 Å². The van der Waals surface area contributed by atoms with Crippen molar-refractivity contribution >= 4 is 23.3 Å². The van der Waals surface area contributed by atoms with Crippen molar-refractivity contribution < 1.29 is 15.1 Å². The third-order valence-electron chi connectivity index (χ3n) is 6.16. The Morgan fingerprint density at radius 2 is 1.69 bits per heavy atom. The first-order chi connectivity index (χ1) is 16.9. The highest BCUT2D eigenvalue weighted by molar-refractivity contribution is 6.33.